The summed E-state index contributed by atoms with van der Waals surface area (Å²) in [7, 11) is 0. The fourth-order valence-electron chi connectivity index (χ4n) is 1.97. The largest absolute Gasteiger partial charge is 0.300 e. The summed E-state index contributed by atoms with van der Waals surface area (Å²) in [5, 5.41) is 0. The van der Waals surface area contributed by atoms with Crippen LogP contribution >= 0.6 is 0 Å². The summed E-state index contributed by atoms with van der Waals surface area (Å²) >= 11 is 0. The third-order valence-electron chi connectivity index (χ3n) is 3.16. The number of carbonyl (C=O) groups excluding carboxylic acids is 1. The van der Waals surface area contributed by atoms with E-state index in [2.05, 4.69) is 26.8 Å². The van der Waals surface area contributed by atoms with Gasteiger partial charge in [-0.3, -0.25) is 4.79 Å². The first-order valence-corrected chi connectivity index (χ1v) is 4.73. The second-order valence-corrected chi connectivity index (χ2v) is 4.10. The maximum atomic E-state index is 11.3. The first-order valence-electron chi connectivity index (χ1n) is 4.73. The van der Waals surface area contributed by atoms with Crippen LogP contribution in [-0.2, 0) is 4.79 Å². The second-order valence-electron chi connectivity index (χ2n) is 4.10. The van der Waals surface area contributed by atoms with Crippen LogP contribution < -0.4 is 0 Å². The molecule has 0 radical (unpaired) electrons. The van der Waals surface area contributed by atoms with Gasteiger partial charge in [-0.05, 0) is 32.1 Å². The SMILES string of the molecule is C/C=C(\C)[C@]1(C)CCCC(=O)C1. The molecule has 0 aromatic rings. The number of ketones is 1. The van der Waals surface area contributed by atoms with Crippen LogP contribution in [0.2, 0.25) is 0 Å². The average molecular weight is 166 g/mol. The predicted octanol–water partition coefficient (Wildman–Crippen LogP) is 3.10. The topological polar surface area (TPSA) is 17.1 Å². The van der Waals surface area contributed by atoms with Crippen LogP contribution in [0.25, 0.3) is 0 Å². The van der Waals surface area contributed by atoms with Crippen molar-refractivity contribution in [2.24, 2.45) is 5.41 Å². The minimum absolute atomic E-state index is 0.171. The maximum Gasteiger partial charge on any atom is 0.133 e. The van der Waals surface area contributed by atoms with Crippen molar-refractivity contribution < 1.29 is 4.79 Å². The van der Waals surface area contributed by atoms with Gasteiger partial charge in [0.2, 0.25) is 0 Å². The summed E-state index contributed by atoms with van der Waals surface area (Å²) in [6, 6.07) is 0. The number of rotatable bonds is 1. The van der Waals surface area contributed by atoms with E-state index in [1.807, 2.05) is 0 Å². The summed E-state index contributed by atoms with van der Waals surface area (Å²) in [6.45, 7) is 6.40. The van der Waals surface area contributed by atoms with Gasteiger partial charge in [0.1, 0.15) is 5.78 Å². The molecule has 0 aromatic carbocycles. The molecule has 0 heterocycles. The summed E-state index contributed by atoms with van der Waals surface area (Å²) < 4.78 is 0. The molecule has 1 heteroatoms. The molecule has 0 aromatic heterocycles. The van der Waals surface area contributed by atoms with E-state index in [1.165, 1.54) is 12.0 Å². The Morgan fingerprint density at radius 2 is 2.25 bits per heavy atom. The standard InChI is InChI=1S/C11H18O/c1-4-9(2)11(3)7-5-6-10(12)8-11/h4H,5-8H2,1-3H3/b9-4+/t11-/m1/s1. The van der Waals surface area contributed by atoms with Crippen molar-refractivity contribution in [1.29, 1.82) is 0 Å². The zero-order chi connectivity index (χ0) is 9.19. The molecule has 12 heavy (non-hydrogen) atoms. The molecule has 0 saturated heterocycles. The molecule has 0 amide bonds. The monoisotopic (exact) mass is 166 g/mol. The van der Waals surface area contributed by atoms with Crippen LogP contribution in [0.1, 0.15) is 46.5 Å². The van der Waals surface area contributed by atoms with Gasteiger partial charge in [0, 0.05) is 12.8 Å². The Morgan fingerprint density at radius 1 is 1.58 bits per heavy atom. The van der Waals surface area contributed by atoms with E-state index in [0.717, 1.165) is 19.3 Å². The molecule has 1 fully saturated rings. The summed E-state index contributed by atoms with van der Waals surface area (Å²) in [4.78, 5) is 11.3. The molecule has 0 bridgehead atoms. The zero-order valence-electron chi connectivity index (χ0n) is 8.31. The van der Waals surface area contributed by atoms with Crippen LogP contribution in [0.4, 0.5) is 0 Å². The number of allylic oxidation sites excluding steroid dienone is 2. The molecule has 1 aliphatic carbocycles. The molecule has 0 unspecified atom stereocenters. The van der Waals surface area contributed by atoms with Crippen LogP contribution in [0.5, 0.6) is 0 Å². The van der Waals surface area contributed by atoms with Crippen LogP contribution in [0.3, 0.4) is 0 Å². The number of Topliss-reactive ketones (excluding diaryl/α,β-unsaturated/α-hetero) is 1. The quantitative estimate of drug-likeness (QED) is 0.547. The Hall–Kier alpha value is -0.590. The lowest BCUT2D eigenvalue weighted by molar-refractivity contribution is -0.122. The van der Waals surface area contributed by atoms with Crippen molar-refractivity contribution in [2.75, 3.05) is 0 Å². The molecule has 1 aliphatic rings. The van der Waals surface area contributed by atoms with E-state index in [1.54, 1.807) is 0 Å². The first kappa shape index (κ1) is 9.50. The van der Waals surface area contributed by atoms with Crippen molar-refractivity contribution in [3.05, 3.63) is 11.6 Å². The van der Waals surface area contributed by atoms with Crippen molar-refractivity contribution in [3.8, 4) is 0 Å². The van der Waals surface area contributed by atoms with Crippen LogP contribution in [-0.4, -0.2) is 5.78 Å². The summed E-state index contributed by atoms with van der Waals surface area (Å²) in [5.74, 6) is 0.435. The van der Waals surface area contributed by atoms with Crippen LogP contribution in [0, 0.1) is 5.41 Å². The molecule has 1 rings (SSSR count). The number of hydrogen-bond donors (Lipinski definition) is 0. The van der Waals surface area contributed by atoms with Crippen molar-refractivity contribution in [1.82, 2.24) is 0 Å². The van der Waals surface area contributed by atoms with Gasteiger partial charge in [0.25, 0.3) is 0 Å². The Bertz CT molecular complexity index is 215. The summed E-state index contributed by atoms with van der Waals surface area (Å²) in [6.07, 6.45) is 5.93. The normalized spacial score (nSPS) is 32.2. The van der Waals surface area contributed by atoms with Gasteiger partial charge in [-0.15, -0.1) is 0 Å². The van der Waals surface area contributed by atoms with Crippen LogP contribution in [0.15, 0.2) is 11.6 Å². The molecule has 1 saturated carbocycles. The lowest BCUT2D eigenvalue weighted by Gasteiger charge is -2.33. The van der Waals surface area contributed by atoms with Gasteiger partial charge in [0.15, 0.2) is 0 Å². The van der Waals surface area contributed by atoms with Gasteiger partial charge in [-0.25, -0.2) is 0 Å². The molecule has 0 spiro atoms. The molecular formula is C11H18O. The van der Waals surface area contributed by atoms with E-state index in [-0.39, 0.29) is 5.41 Å². The van der Waals surface area contributed by atoms with E-state index in [4.69, 9.17) is 0 Å². The van der Waals surface area contributed by atoms with E-state index >= 15 is 0 Å². The maximum absolute atomic E-state index is 11.3. The van der Waals surface area contributed by atoms with Crippen molar-refractivity contribution in [3.63, 3.8) is 0 Å². The highest BCUT2D eigenvalue weighted by molar-refractivity contribution is 5.80. The lowest BCUT2D eigenvalue weighted by atomic mass is 9.70. The molecule has 0 aliphatic heterocycles. The van der Waals surface area contributed by atoms with Crippen molar-refractivity contribution in [2.45, 2.75) is 46.5 Å². The molecule has 1 nitrogen and oxygen atoms in total. The minimum Gasteiger partial charge on any atom is -0.300 e. The first-order chi connectivity index (χ1) is 5.58. The predicted molar refractivity (Wildman–Crippen MR) is 51.0 cm³/mol. The highest BCUT2D eigenvalue weighted by Crippen LogP contribution is 2.40. The van der Waals surface area contributed by atoms with Gasteiger partial charge < -0.3 is 0 Å². The molecular weight excluding hydrogens is 148 g/mol. The average Bonchev–Trinajstić information content (AvgIpc) is 2.02. The molecule has 68 valence electrons. The Balaban J connectivity index is 2.76. The van der Waals surface area contributed by atoms with E-state index < -0.39 is 0 Å². The highest BCUT2D eigenvalue weighted by Gasteiger charge is 2.31. The van der Waals surface area contributed by atoms with Gasteiger partial charge in [-0.1, -0.05) is 18.6 Å². The smallest absolute Gasteiger partial charge is 0.133 e. The number of carbonyl (C=O) groups is 1. The van der Waals surface area contributed by atoms with E-state index in [9.17, 15) is 4.79 Å². The lowest BCUT2D eigenvalue weighted by Crippen LogP contribution is -2.26. The Kier molecular flexibility index (Phi) is 2.71. The fourth-order valence-corrected chi connectivity index (χ4v) is 1.97. The zero-order valence-corrected chi connectivity index (χ0v) is 8.31. The number of hydrogen-bond acceptors (Lipinski definition) is 1. The Labute approximate surface area is 74.9 Å². The van der Waals surface area contributed by atoms with Gasteiger partial charge >= 0.3 is 0 Å². The highest BCUT2D eigenvalue weighted by atomic mass is 16.1. The fraction of sp³-hybridized carbons (Fsp3) is 0.727. The second kappa shape index (κ2) is 3.42. The Morgan fingerprint density at radius 3 is 2.75 bits per heavy atom. The summed E-state index contributed by atoms with van der Waals surface area (Å²) in [5.41, 5.74) is 1.54. The van der Waals surface area contributed by atoms with E-state index in [0.29, 0.717) is 5.78 Å². The van der Waals surface area contributed by atoms with Gasteiger partial charge in [-0.2, -0.15) is 0 Å². The minimum atomic E-state index is 0.171. The molecule has 1 atom stereocenters. The molecule has 0 N–H and O–H groups in total. The van der Waals surface area contributed by atoms with Crippen molar-refractivity contribution >= 4 is 5.78 Å². The van der Waals surface area contributed by atoms with Gasteiger partial charge in [0.05, 0.1) is 0 Å². The third kappa shape index (κ3) is 1.77. The third-order valence-corrected chi connectivity index (χ3v) is 3.16.